The summed E-state index contributed by atoms with van der Waals surface area (Å²) in [6.07, 6.45) is 0. The summed E-state index contributed by atoms with van der Waals surface area (Å²) >= 11 is -0.717. The Labute approximate surface area is 73.2 Å². The highest BCUT2D eigenvalue weighted by molar-refractivity contribution is 8.11. The van der Waals surface area contributed by atoms with Gasteiger partial charge in [0.05, 0.1) is 11.5 Å². The summed E-state index contributed by atoms with van der Waals surface area (Å²) < 4.78 is 21.1. The van der Waals surface area contributed by atoms with Gasteiger partial charge in [-0.2, -0.15) is 0 Å². The molecule has 0 N–H and O–H groups in total. The van der Waals surface area contributed by atoms with E-state index >= 15 is 0 Å². The molecule has 3 heterocycles. The van der Waals surface area contributed by atoms with Crippen molar-refractivity contribution < 1.29 is 12.8 Å². The molecule has 0 amide bonds. The van der Waals surface area contributed by atoms with Crippen molar-refractivity contribution in [3.8, 4) is 0 Å². The Bertz CT molecular complexity index is 352. The van der Waals surface area contributed by atoms with Gasteiger partial charge < -0.3 is 0 Å². The molecule has 0 aromatic rings. The summed E-state index contributed by atoms with van der Waals surface area (Å²) in [5.41, 5.74) is 1.50. The molecule has 64 valence electrons. The molecule has 0 atom stereocenters. The molecule has 1 saturated heterocycles. The van der Waals surface area contributed by atoms with Crippen molar-refractivity contribution in [3.63, 3.8) is 0 Å². The van der Waals surface area contributed by atoms with Crippen molar-refractivity contribution in [2.45, 2.75) is 0 Å². The van der Waals surface area contributed by atoms with Crippen LogP contribution in [0.25, 0.3) is 0 Å². The zero-order valence-electron chi connectivity index (χ0n) is 5.85. The fourth-order valence-corrected chi connectivity index (χ4v) is 3.61. The minimum absolute atomic E-state index is 0.473. The van der Waals surface area contributed by atoms with E-state index in [1.165, 1.54) is 0 Å². The number of hydrogen-bond donors (Lipinski definition) is 0. The Kier molecular flexibility index (Phi) is 1.23. The highest BCUT2D eigenvalue weighted by Crippen LogP contribution is 2.33. The minimum Gasteiger partial charge on any atom is -0.288 e. The van der Waals surface area contributed by atoms with Crippen LogP contribution in [0.5, 0.6) is 0 Å². The number of oxime groups is 2. The molecule has 0 aromatic carbocycles. The Hall–Kier alpha value is -0.690. The third-order valence-corrected chi connectivity index (χ3v) is 4.13. The fraction of sp³-hybridized carbons (Fsp3) is 0.400. The van der Waals surface area contributed by atoms with Crippen molar-refractivity contribution in [1.82, 2.24) is 0 Å². The first-order chi connectivity index (χ1) is 5.84. The van der Waals surface area contributed by atoms with E-state index in [1.807, 2.05) is 0 Å². The maximum absolute atomic E-state index is 11.2. The summed E-state index contributed by atoms with van der Waals surface area (Å²) in [5, 5.41) is 7.57. The largest absolute Gasteiger partial charge is 0.288 e. The molecule has 0 aromatic heterocycles. The van der Waals surface area contributed by atoms with Crippen LogP contribution in [-0.4, -0.2) is 32.0 Å². The molecule has 0 spiro atoms. The maximum atomic E-state index is 11.2. The van der Waals surface area contributed by atoms with Crippen LogP contribution in [0, 0.1) is 0 Å². The molecule has 3 aliphatic heterocycles. The molecular weight excluding hydrogens is 200 g/mol. The Morgan fingerprint density at radius 3 is 2.33 bits per heavy atom. The van der Waals surface area contributed by atoms with E-state index in [-0.39, 0.29) is 0 Å². The zero-order valence-corrected chi connectivity index (χ0v) is 7.48. The number of hydrogen-bond acceptors (Lipinski definition) is 5. The summed E-state index contributed by atoms with van der Waals surface area (Å²) in [6.45, 7) is 0. The van der Waals surface area contributed by atoms with E-state index in [9.17, 15) is 4.21 Å². The van der Waals surface area contributed by atoms with Gasteiger partial charge in [-0.05, 0) is 0 Å². The van der Waals surface area contributed by atoms with Gasteiger partial charge >= 0.3 is 0 Å². The standard InChI is InChI=1S/C5H4N2O3S2/c8-11-1-3-5-4(2-11)7-10-12(5)9-6-3/h1-2H2. The van der Waals surface area contributed by atoms with E-state index in [4.69, 9.17) is 8.57 Å². The fourth-order valence-electron chi connectivity index (χ4n) is 1.23. The first-order valence-electron chi connectivity index (χ1n) is 3.30. The molecule has 7 heteroatoms. The van der Waals surface area contributed by atoms with Gasteiger partial charge in [0.25, 0.3) is 0 Å². The maximum Gasteiger partial charge on any atom is 0.248 e. The third-order valence-electron chi connectivity index (χ3n) is 1.72. The van der Waals surface area contributed by atoms with E-state index in [2.05, 4.69) is 10.3 Å². The molecule has 1 fully saturated rings. The molecular formula is C5H4N2O3S2. The molecule has 3 rings (SSSR count). The number of nitrogens with zero attached hydrogens (tertiary/aromatic N) is 2. The third kappa shape index (κ3) is 0.748. The molecule has 0 bridgehead atoms. The molecule has 0 unspecified atom stereocenters. The summed E-state index contributed by atoms with van der Waals surface area (Å²) in [7, 11) is -0.892. The lowest BCUT2D eigenvalue weighted by Crippen LogP contribution is -2.35. The van der Waals surface area contributed by atoms with Gasteiger partial charge in [-0.3, -0.25) is 12.8 Å². The van der Waals surface area contributed by atoms with Crippen LogP contribution in [0.1, 0.15) is 0 Å². The average molecular weight is 204 g/mol. The van der Waals surface area contributed by atoms with Crippen molar-refractivity contribution in [2.24, 2.45) is 10.3 Å². The second-order valence-electron chi connectivity index (χ2n) is 2.52. The van der Waals surface area contributed by atoms with Crippen LogP contribution in [0.4, 0.5) is 0 Å². The predicted molar refractivity (Wildman–Crippen MR) is 47.5 cm³/mol. The first-order valence-corrected chi connectivity index (χ1v) is 5.86. The summed E-state index contributed by atoms with van der Waals surface area (Å²) in [6, 6.07) is 0. The highest BCUT2D eigenvalue weighted by atomic mass is 32.2. The Balaban J connectivity index is 2.16. The van der Waals surface area contributed by atoms with E-state index in [0.717, 1.165) is 16.3 Å². The van der Waals surface area contributed by atoms with Gasteiger partial charge in [0.2, 0.25) is 11.0 Å². The van der Waals surface area contributed by atoms with Gasteiger partial charge in [-0.1, -0.05) is 10.3 Å². The summed E-state index contributed by atoms with van der Waals surface area (Å²) in [4.78, 5) is 0.926. The van der Waals surface area contributed by atoms with Gasteiger partial charge in [0.15, 0.2) is 0 Å². The topological polar surface area (TPSA) is 60.2 Å². The van der Waals surface area contributed by atoms with Crippen LogP contribution in [0.2, 0.25) is 0 Å². The molecule has 0 aliphatic carbocycles. The van der Waals surface area contributed by atoms with Crippen LogP contribution in [0.15, 0.2) is 10.3 Å². The highest BCUT2D eigenvalue weighted by Gasteiger charge is 2.38. The molecule has 0 radical (unpaired) electrons. The van der Waals surface area contributed by atoms with Crippen molar-refractivity contribution in [3.05, 3.63) is 0 Å². The molecule has 3 aliphatic rings. The Morgan fingerprint density at radius 1 is 1.17 bits per heavy atom. The van der Waals surface area contributed by atoms with Gasteiger partial charge in [0.1, 0.15) is 16.3 Å². The Morgan fingerprint density at radius 2 is 1.75 bits per heavy atom. The predicted octanol–water partition coefficient (Wildman–Crippen LogP) is -0.208. The molecule has 12 heavy (non-hydrogen) atoms. The number of rotatable bonds is 0. The molecule has 0 saturated carbocycles. The van der Waals surface area contributed by atoms with Gasteiger partial charge in [0, 0.05) is 10.8 Å². The average Bonchev–Trinajstić information content (AvgIpc) is 2.59. The van der Waals surface area contributed by atoms with Crippen LogP contribution < -0.4 is 0 Å². The second-order valence-corrected chi connectivity index (χ2v) is 5.15. The van der Waals surface area contributed by atoms with Crippen molar-refractivity contribution in [1.29, 1.82) is 0 Å². The van der Waals surface area contributed by atoms with Crippen LogP contribution in [-0.2, 0) is 19.4 Å². The lowest BCUT2D eigenvalue weighted by Gasteiger charge is -2.08. The van der Waals surface area contributed by atoms with Crippen molar-refractivity contribution >= 4 is 38.1 Å². The monoisotopic (exact) mass is 204 g/mol. The minimum atomic E-state index is -0.892. The SMILES string of the molecule is O=S1CC2=NOS3=C2C(=NO3)C1. The molecule has 5 nitrogen and oxygen atoms in total. The van der Waals surface area contributed by atoms with Crippen LogP contribution in [0.3, 0.4) is 0 Å². The lowest BCUT2D eigenvalue weighted by atomic mass is 10.2. The smallest absolute Gasteiger partial charge is 0.248 e. The first kappa shape index (κ1) is 6.79. The van der Waals surface area contributed by atoms with Gasteiger partial charge in [-0.25, -0.2) is 0 Å². The summed E-state index contributed by atoms with van der Waals surface area (Å²) in [5.74, 6) is 0.947. The van der Waals surface area contributed by atoms with E-state index in [1.54, 1.807) is 0 Å². The van der Waals surface area contributed by atoms with Crippen molar-refractivity contribution in [2.75, 3.05) is 11.5 Å². The second kappa shape index (κ2) is 2.17. The lowest BCUT2D eigenvalue weighted by molar-refractivity contribution is 0.311. The quantitative estimate of drug-likeness (QED) is 0.513. The van der Waals surface area contributed by atoms with E-state index < -0.39 is 21.8 Å². The van der Waals surface area contributed by atoms with E-state index in [0.29, 0.717) is 11.5 Å². The zero-order chi connectivity index (χ0) is 8.13. The van der Waals surface area contributed by atoms with Gasteiger partial charge in [-0.15, -0.1) is 0 Å². The normalized spacial score (nSPS) is 27.5. The van der Waals surface area contributed by atoms with Crippen LogP contribution >= 0.6 is 11.0 Å².